The van der Waals surface area contributed by atoms with Gasteiger partial charge in [0.25, 0.3) is 0 Å². The number of hydrogen-bond acceptors (Lipinski definition) is 2. The molecule has 1 N–H and O–H groups in total. The molecule has 16 heavy (non-hydrogen) atoms. The molecule has 3 nitrogen and oxygen atoms in total. The number of amides is 1. The Hall–Kier alpha value is -1.35. The zero-order valence-electron chi connectivity index (χ0n) is 10.3. The third-order valence-corrected chi connectivity index (χ3v) is 2.52. The Labute approximate surface area is 97.5 Å². The number of aryl methyl sites for hydroxylation is 1. The van der Waals surface area contributed by atoms with Crippen LogP contribution in [0.4, 0.5) is 0 Å². The third kappa shape index (κ3) is 4.03. The average Bonchev–Trinajstić information content (AvgIpc) is 2.25. The molecule has 0 spiro atoms. The van der Waals surface area contributed by atoms with Crippen LogP contribution in [0.1, 0.15) is 17.5 Å². The van der Waals surface area contributed by atoms with Gasteiger partial charge in [-0.25, -0.2) is 0 Å². The monoisotopic (exact) mass is 220 g/mol. The van der Waals surface area contributed by atoms with E-state index in [2.05, 4.69) is 30.4 Å². The minimum absolute atomic E-state index is 0.177. The van der Waals surface area contributed by atoms with Gasteiger partial charge in [-0.2, -0.15) is 0 Å². The second kappa shape index (κ2) is 6.28. The summed E-state index contributed by atoms with van der Waals surface area (Å²) in [6, 6.07) is 8.25. The maximum Gasteiger partial charge on any atom is 0.223 e. The van der Waals surface area contributed by atoms with E-state index in [1.165, 1.54) is 11.1 Å². The van der Waals surface area contributed by atoms with Crippen molar-refractivity contribution in [2.45, 2.75) is 19.9 Å². The Kier molecular flexibility index (Phi) is 4.99. The Morgan fingerprint density at radius 3 is 2.81 bits per heavy atom. The molecule has 1 aromatic carbocycles. The van der Waals surface area contributed by atoms with E-state index >= 15 is 0 Å². The molecule has 0 atom stereocenters. The van der Waals surface area contributed by atoms with E-state index in [0.717, 1.165) is 6.54 Å². The number of rotatable bonds is 5. The van der Waals surface area contributed by atoms with Crippen LogP contribution in [0.15, 0.2) is 24.3 Å². The van der Waals surface area contributed by atoms with Crippen LogP contribution in [0.2, 0.25) is 0 Å². The average molecular weight is 220 g/mol. The van der Waals surface area contributed by atoms with Gasteiger partial charge in [-0.05, 0) is 19.5 Å². The Bertz CT molecular complexity index is 350. The third-order valence-electron chi connectivity index (χ3n) is 2.52. The van der Waals surface area contributed by atoms with Gasteiger partial charge >= 0.3 is 0 Å². The van der Waals surface area contributed by atoms with E-state index in [1.54, 1.807) is 4.90 Å². The summed E-state index contributed by atoms with van der Waals surface area (Å²) in [6.45, 7) is 3.48. The molecule has 0 fully saturated rings. The van der Waals surface area contributed by atoms with E-state index in [-0.39, 0.29) is 5.91 Å². The van der Waals surface area contributed by atoms with Crippen molar-refractivity contribution in [3.05, 3.63) is 35.4 Å². The number of carbonyl (C=O) groups is 1. The fraction of sp³-hybridized carbons (Fsp3) is 0.462. The highest BCUT2D eigenvalue weighted by molar-refractivity contribution is 5.76. The van der Waals surface area contributed by atoms with Crippen molar-refractivity contribution in [1.29, 1.82) is 0 Å². The molecule has 0 unspecified atom stereocenters. The Morgan fingerprint density at radius 2 is 2.19 bits per heavy atom. The molecule has 0 aromatic heterocycles. The quantitative estimate of drug-likeness (QED) is 0.817. The largest absolute Gasteiger partial charge is 0.341 e. The van der Waals surface area contributed by atoms with Crippen LogP contribution in [-0.4, -0.2) is 31.4 Å². The van der Waals surface area contributed by atoms with Crippen LogP contribution in [0.3, 0.4) is 0 Å². The molecule has 1 aromatic rings. The van der Waals surface area contributed by atoms with Crippen molar-refractivity contribution < 1.29 is 4.79 Å². The molecule has 0 saturated heterocycles. The summed E-state index contributed by atoms with van der Waals surface area (Å²) in [7, 11) is 3.70. The molecule has 0 saturated carbocycles. The minimum atomic E-state index is 0.177. The number of hydrogen-bond donors (Lipinski definition) is 1. The predicted molar refractivity (Wildman–Crippen MR) is 66.2 cm³/mol. The molecule has 1 rings (SSSR count). The summed E-state index contributed by atoms with van der Waals surface area (Å²) in [6.07, 6.45) is 0.554. The van der Waals surface area contributed by atoms with Gasteiger partial charge < -0.3 is 10.2 Å². The molecule has 0 aliphatic carbocycles. The van der Waals surface area contributed by atoms with Gasteiger partial charge in [0.05, 0.1) is 0 Å². The second-order valence-electron chi connectivity index (χ2n) is 4.09. The minimum Gasteiger partial charge on any atom is -0.341 e. The van der Waals surface area contributed by atoms with Crippen LogP contribution < -0.4 is 5.32 Å². The van der Waals surface area contributed by atoms with Gasteiger partial charge in [0, 0.05) is 26.6 Å². The van der Waals surface area contributed by atoms with Crippen molar-refractivity contribution >= 4 is 5.91 Å². The fourth-order valence-electron chi connectivity index (χ4n) is 1.60. The standard InChI is InChI=1S/C13H20N2O/c1-11-5-4-6-12(9-11)10-15(3)13(16)7-8-14-2/h4-6,9,14H,7-8,10H2,1-3H3. The van der Waals surface area contributed by atoms with Crippen LogP contribution >= 0.6 is 0 Å². The summed E-state index contributed by atoms with van der Waals surface area (Å²) < 4.78 is 0. The highest BCUT2D eigenvalue weighted by Gasteiger charge is 2.08. The highest BCUT2D eigenvalue weighted by Crippen LogP contribution is 2.07. The van der Waals surface area contributed by atoms with Gasteiger partial charge in [-0.3, -0.25) is 4.79 Å². The van der Waals surface area contributed by atoms with E-state index in [0.29, 0.717) is 13.0 Å². The van der Waals surface area contributed by atoms with Gasteiger partial charge in [0.1, 0.15) is 0 Å². The first-order valence-corrected chi connectivity index (χ1v) is 5.57. The number of benzene rings is 1. The van der Waals surface area contributed by atoms with Crippen LogP contribution in [0, 0.1) is 6.92 Å². The molecular weight excluding hydrogens is 200 g/mol. The van der Waals surface area contributed by atoms with Crippen molar-refractivity contribution in [1.82, 2.24) is 10.2 Å². The van der Waals surface area contributed by atoms with E-state index < -0.39 is 0 Å². The molecule has 0 aliphatic rings. The molecule has 0 radical (unpaired) electrons. The maximum atomic E-state index is 11.7. The van der Waals surface area contributed by atoms with Gasteiger partial charge in [0.2, 0.25) is 5.91 Å². The van der Waals surface area contributed by atoms with Gasteiger partial charge in [0.15, 0.2) is 0 Å². The highest BCUT2D eigenvalue weighted by atomic mass is 16.2. The van der Waals surface area contributed by atoms with Crippen molar-refractivity contribution in [3.8, 4) is 0 Å². The molecule has 0 heterocycles. The predicted octanol–water partition coefficient (Wildman–Crippen LogP) is 1.56. The molecule has 88 valence electrons. The van der Waals surface area contributed by atoms with Crippen LogP contribution in [0.25, 0.3) is 0 Å². The SMILES string of the molecule is CNCCC(=O)N(C)Cc1cccc(C)c1. The topological polar surface area (TPSA) is 32.3 Å². The van der Waals surface area contributed by atoms with E-state index in [9.17, 15) is 4.79 Å². The molecule has 1 amide bonds. The summed E-state index contributed by atoms with van der Waals surface area (Å²) >= 11 is 0. The molecular formula is C13H20N2O. The normalized spacial score (nSPS) is 10.2. The van der Waals surface area contributed by atoms with Crippen molar-refractivity contribution in [2.24, 2.45) is 0 Å². The number of nitrogens with one attached hydrogen (secondary N) is 1. The maximum absolute atomic E-state index is 11.7. The summed E-state index contributed by atoms with van der Waals surface area (Å²) in [4.78, 5) is 13.4. The molecule has 0 bridgehead atoms. The fourth-order valence-corrected chi connectivity index (χ4v) is 1.60. The van der Waals surface area contributed by atoms with E-state index in [4.69, 9.17) is 0 Å². The number of nitrogens with zero attached hydrogens (tertiary/aromatic N) is 1. The van der Waals surface area contributed by atoms with Crippen LogP contribution in [-0.2, 0) is 11.3 Å². The lowest BCUT2D eigenvalue weighted by atomic mass is 10.1. The molecule has 0 aliphatic heterocycles. The first kappa shape index (κ1) is 12.7. The second-order valence-corrected chi connectivity index (χ2v) is 4.09. The molecule has 3 heteroatoms. The summed E-state index contributed by atoms with van der Waals surface area (Å²) in [5.74, 6) is 0.177. The lowest BCUT2D eigenvalue weighted by Gasteiger charge is -2.17. The number of carbonyl (C=O) groups excluding carboxylic acids is 1. The van der Waals surface area contributed by atoms with Gasteiger partial charge in [-0.1, -0.05) is 29.8 Å². The lowest BCUT2D eigenvalue weighted by Crippen LogP contribution is -2.28. The summed E-state index contributed by atoms with van der Waals surface area (Å²) in [5.41, 5.74) is 2.41. The summed E-state index contributed by atoms with van der Waals surface area (Å²) in [5, 5.41) is 2.98. The lowest BCUT2D eigenvalue weighted by molar-refractivity contribution is -0.130. The van der Waals surface area contributed by atoms with Crippen molar-refractivity contribution in [2.75, 3.05) is 20.6 Å². The van der Waals surface area contributed by atoms with Gasteiger partial charge in [-0.15, -0.1) is 0 Å². The van der Waals surface area contributed by atoms with E-state index in [1.807, 2.05) is 20.2 Å². The van der Waals surface area contributed by atoms with Crippen molar-refractivity contribution in [3.63, 3.8) is 0 Å². The first-order chi connectivity index (χ1) is 7.63. The Balaban J connectivity index is 2.50. The zero-order valence-corrected chi connectivity index (χ0v) is 10.3. The Morgan fingerprint density at radius 1 is 1.44 bits per heavy atom. The smallest absolute Gasteiger partial charge is 0.223 e. The van der Waals surface area contributed by atoms with Crippen LogP contribution in [0.5, 0.6) is 0 Å². The first-order valence-electron chi connectivity index (χ1n) is 5.57. The zero-order chi connectivity index (χ0) is 12.0.